The van der Waals surface area contributed by atoms with E-state index in [0.717, 1.165) is 18.4 Å². The number of nitrogens with zero attached hydrogens (tertiary/aromatic N) is 1. The van der Waals surface area contributed by atoms with Gasteiger partial charge in [0.2, 0.25) is 15.9 Å². The summed E-state index contributed by atoms with van der Waals surface area (Å²) in [5.74, 6) is -0.622. The quantitative estimate of drug-likeness (QED) is 0.707. The van der Waals surface area contributed by atoms with E-state index in [1.165, 1.54) is 0 Å². The van der Waals surface area contributed by atoms with Crippen molar-refractivity contribution < 1.29 is 26.4 Å². The molecule has 0 aromatic heterocycles. The molecule has 0 unspecified atom stereocenters. The predicted octanol–water partition coefficient (Wildman–Crippen LogP) is 4.46. The molecule has 0 fully saturated rings. The van der Waals surface area contributed by atoms with E-state index in [1.807, 2.05) is 20.8 Å². The number of benzene rings is 1. The van der Waals surface area contributed by atoms with Crippen molar-refractivity contribution in [3.8, 4) is 0 Å². The van der Waals surface area contributed by atoms with Crippen molar-refractivity contribution in [1.82, 2.24) is 5.32 Å². The summed E-state index contributed by atoms with van der Waals surface area (Å²) in [6.07, 6.45) is -3.32. The van der Waals surface area contributed by atoms with E-state index in [0.29, 0.717) is 16.8 Å². The van der Waals surface area contributed by atoms with Crippen LogP contribution in [0.2, 0.25) is 5.02 Å². The normalized spacial score (nSPS) is 13.4. The largest absolute Gasteiger partial charge is 0.417 e. The van der Waals surface area contributed by atoms with Gasteiger partial charge in [0, 0.05) is 5.54 Å². The van der Waals surface area contributed by atoms with Gasteiger partial charge in [-0.05, 0) is 43.9 Å². The van der Waals surface area contributed by atoms with E-state index in [4.69, 9.17) is 11.6 Å². The molecule has 160 valence electrons. The summed E-state index contributed by atoms with van der Waals surface area (Å²) >= 11 is 5.59. The molecule has 28 heavy (non-hydrogen) atoms. The Morgan fingerprint density at radius 1 is 1.14 bits per heavy atom. The highest BCUT2D eigenvalue weighted by atomic mass is 35.5. The van der Waals surface area contributed by atoms with Crippen molar-refractivity contribution >= 4 is 33.2 Å². The highest BCUT2D eigenvalue weighted by Crippen LogP contribution is 2.37. The minimum atomic E-state index is -4.76. The van der Waals surface area contributed by atoms with Crippen LogP contribution in [-0.2, 0) is 21.0 Å². The summed E-state index contributed by atoms with van der Waals surface area (Å²) in [6.45, 7) is 8.93. The molecule has 0 aliphatic rings. The lowest BCUT2D eigenvalue weighted by Crippen LogP contribution is -2.50. The van der Waals surface area contributed by atoms with Gasteiger partial charge in [0.05, 0.1) is 22.5 Å². The molecule has 0 saturated heterocycles. The van der Waals surface area contributed by atoms with Gasteiger partial charge in [0.15, 0.2) is 0 Å². The average Bonchev–Trinajstić information content (AvgIpc) is 2.39. The maximum Gasteiger partial charge on any atom is 0.417 e. The summed E-state index contributed by atoms with van der Waals surface area (Å²) in [6, 6.07) is 2.71. The third kappa shape index (κ3) is 7.50. The SMILES string of the molecule is CC(C)(C)CC(C)(C)NC(=O)CN(c1ccc(Cl)c(C(F)(F)F)c1)S(C)(=O)=O. The molecular formula is C18H26ClF3N2O3S. The second kappa shape index (κ2) is 8.10. The molecule has 0 atom stereocenters. The topological polar surface area (TPSA) is 66.5 Å². The standard InChI is InChI=1S/C18H26ClF3N2O3S/c1-16(2,3)11-17(4,5)23-15(25)10-24(28(6,26)27)12-7-8-14(19)13(9-12)18(20,21)22/h7-9H,10-11H2,1-6H3,(H,23,25). The number of carbonyl (C=O) groups is 1. The van der Waals surface area contributed by atoms with Gasteiger partial charge in [0.1, 0.15) is 6.54 Å². The van der Waals surface area contributed by atoms with Gasteiger partial charge in [-0.25, -0.2) is 8.42 Å². The molecule has 1 amide bonds. The molecule has 0 aliphatic heterocycles. The fraction of sp³-hybridized carbons (Fsp3) is 0.611. The lowest BCUT2D eigenvalue weighted by molar-refractivity contribution is -0.137. The monoisotopic (exact) mass is 442 g/mol. The van der Waals surface area contributed by atoms with Crippen LogP contribution in [0.25, 0.3) is 0 Å². The van der Waals surface area contributed by atoms with Crippen LogP contribution >= 0.6 is 11.6 Å². The number of alkyl halides is 3. The maximum absolute atomic E-state index is 13.1. The second-order valence-electron chi connectivity index (χ2n) is 8.60. The first kappa shape index (κ1) is 24.6. The number of hydrogen-bond donors (Lipinski definition) is 1. The van der Waals surface area contributed by atoms with Gasteiger partial charge in [0.25, 0.3) is 0 Å². The maximum atomic E-state index is 13.1. The van der Waals surface area contributed by atoms with E-state index in [2.05, 4.69) is 5.32 Å². The van der Waals surface area contributed by atoms with Crippen LogP contribution in [0.3, 0.4) is 0 Å². The van der Waals surface area contributed by atoms with Crippen LogP contribution < -0.4 is 9.62 Å². The lowest BCUT2D eigenvalue weighted by Gasteiger charge is -2.34. The minimum Gasteiger partial charge on any atom is -0.350 e. The third-order valence-corrected chi connectivity index (χ3v) is 5.15. The van der Waals surface area contributed by atoms with Crippen LogP contribution in [0.15, 0.2) is 18.2 Å². The van der Waals surface area contributed by atoms with Gasteiger partial charge < -0.3 is 5.32 Å². The Hall–Kier alpha value is -1.48. The summed E-state index contributed by atoms with van der Waals surface area (Å²) < 4.78 is 64.2. The van der Waals surface area contributed by atoms with Gasteiger partial charge in [-0.1, -0.05) is 32.4 Å². The Morgan fingerprint density at radius 2 is 1.68 bits per heavy atom. The molecule has 5 nitrogen and oxygen atoms in total. The highest BCUT2D eigenvalue weighted by Gasteiger charge is 2.35. The highest BCUT2D eigenvalue weighted by molar-refractivity contribution is 7.92. The molecule has 10 heteroatoms. The van der Waals surface area contributed by atoms with Crippen LogP contribution in [0, 0.1) is 5.41 Å². The fourth-order valence-corrected chi connectivity index (χ4v) is 4.28. The number of anilines is 1. The summed E-state index contributed by atoms with van der Waals surface area (Å²) in [7, 11) is -4.02. The Kier molecular flexibility index (Phi) is 7.11. The number of sulfonamides is 1. The van der Waals surface area contributed by atoms with E-state index >= 15 is 0 Å². The van der Waals surface area contributed by atoms with E-state index in [1.54, 1.807) is 13.8 Å². The molecule has 1 aromatic rings. The summed E-state index contributed by atoms with van der Waals surface area (Å²) in [5.41, 5.74) is -2.18. The summed E-state index contributed by atoms with van der Waals surface area (Å²) in [4.78, 5) is 12.5. The number of amides is 1. The zero-order chi connectivity index (χ0) is 22.1. The van der Waals surface area contributed by atoms with E-state index in [-0.39, 0.29) is 11.1 Å². The Bertz CT molecular complexity index is 831. The molecule has 0 heterocycles. The molecular weight excluding hydrogens is 417 g/mol. The second-order valence-corrected chi connectivity index (χ2v) is 10.9. The molecule has 1 aromatic carbocycles. The minimum absolute atomic E-state index is 0.0922. The van der Waals surface area contributed by atoms with Crippen molar-refractivity contribution in [2.75, 3.05) is 17.1 Å². The van der Waals surface area contributed by atoms with Gasteiger partial charge >= 0.3 is 6.18 Å². The Morgan fingerprint density at radius 3 is 2.11 bits per heavy atom. The summed E-state index contributed by atoms with van der Waals surface area (Å²) in [5, 5.41) is 2.19. The third-order valence-electron chi connectivity index (χ3n) is 3.68. The molecule has 1 N–H and O–H groups in total. The molecule has 0 spiro atoms. The van der Waals surface area contributed by atoms with Crippen molar-refractivity contribution in [2.24, 2.45) is 5.41 Å². The van der Waals surface area contributed by atoms with Crippen molar-refractivity contribution in [1.29, 1.82) is 0 Å². The van der Waals surface area contributed by atoms with Crippen molar-refractivity contribution in [3.05, 3.63) is 28.8 Å². The van der Waals surface area contributed by atoms with E-state index in [9.17, 15) is 26.4 Å². The lowest BCUT2D eigenvalue weighted by atomic mass is 9.82. The van der Waals surface area contributed by atoms with Crippen molar-refractivity contribution in [2.45, 2.75) is 52.8 Å². The zero-order valence-electron chi connectivity index (χ0n) is 16.7. The first-order valence-corrected chi connectivity index (χ1v) is 10.7. The van der Waals surface area contributed by atoms with Gasteiger partial charge in [-0.3, -0.25) is 9.10 Å². The number of halogens is 4. The number of hydrogen-bond acceptors (Lipinski definition) is 3. The van der Waals surface area contributed by atoms with Crippen LogP contribution in [0.4, 0.5) is 18.9 Å². The van der Waals surface area contributed by atoms with Crippen LogP contribution in [0.5, 0.6) is 0 Å². The van der Waals surface area contributed by atoms with Crippen molar-refractivity contribution in [3.63, 3.8) is 0 Å². The molecule has 0 saturated carbocycles. The molecule has 0 bridgehead atoms. The first-order valence-electron chi connectivity index (χ1n) is 8.47. The zero-order valence-corrected chi connectivity index (χ0v) is 18.3. The number of carbonyl (C=O) groups excluding carboxylic acids is 1. The first-order chi connectivity index (χ1) is 12.3. The number of nitrogens with one attached hydrogen (secondary N) is 1. The molecule has 0 aliphatic carbocycles. The van der Waals surface area contributed by atoms with Gasteiger partial charge in [-0.2, -0.15) is 13.2 Å². The number of rotatable bonds is 6. The Balaban J connectivity index is 3.18. The van der Waals surface area contributed by atoms with Gasteiger partial charge in [-0.15, -0.1) is 0 Å². The van der Waals surface area contributed by atoms with E-state index < -0.39 is 44.8 Å². The smallest absolute Gasteiger partial charge is 0.350 e. The molecule has 1 rings (SSSR count). The molecule has 0 radical (unpaired) electrons. The average molecular weight is 443 g/mol. The predicted molar refractivity (Wildman–Crippen MR) is 105 cm³/mol. The van der Waals surface area contributed by atoms with Crippen LogP contribution in [-0.4, -0.2) is 32.7 Å². The fourth-order valence-electron chi connectivity index (χ4n) is 3.20. The Labute approximate surface area is 169 Å². The van der Waals surface area contributed by atoms with Crippen LogP contribution in [0.1, 0.15) is 46.6 Å².